The van der Waals surface area contributed by atoms with Crippen molar-refractivity contribution in [1.29, 1.82) is 0 Å². The average Bonchev–Trinajstić information content (AvgIpc) is 2.12. The third kappa shape index (κ3) is 10.3. The molecule has 6 heteroatoms. The third-order valence-corrected chi connectivity index (χ3v) is 4.15. The second-order valence-electron chi connectivity index (χ2n) is 4.87. The van der Waals surface area contributed by atoms with E-state index >= 15 is 0 Å². The van der Waals surface area contributed by atoms with E-state index in [0.29, 0.717) is 13.0 Å². The van der Waals surface area contributed by atoms with E-state index in [1.165, 1.54) is 0 Å². The average molecular weight is 264 g/mol. The Bertz CT molecular complexity index is 324. The van der Waals surface area contributed by atoms with Gasteiger partial charge < -0.3 is 11.1 Å². The molecule has 0 heterocycles. The fraction of sp³-hybridized carbons (Fsp3) is 0.909. The SMILES string of the molecule is CC(C)CS(=O)(=O)CCC(=O)NCCC(C)N. The van der Waals surface area contributed by atoms with Crippen LogP contribution >= 0.6 is 0 Å². The minimum absolute atomic E-state index is 0.0357. The van der Waals surface area contributed by atoms with Gasteiger partial charge in [-0.3, -0.25) is 4.79 Å². The Morgan fingerprint density at radius 3 is 2.35 bits per heavy atom. The Kier molecular flexibility index (Phi) is 7.38. The molecule has 17 heavy (non-hydrogen) atoms. The van der Waals surface area contributed by atoms with E-state index in [-0.39, 0.29) is 35.8 Å². The Balaban J connectivity index is 3.84. The van der Waals surface area contributed by atoms with Crippen LogP contribution in [-0.4, -0.2) is 38.4 Å². The molecule has 0 spiro atoms. The molecule has 0 saturated heterocycles. The molecule has 0 fully saturated rings. The number of hydrogen-bond donors (Lipinski definition) is 2. The van der Waals surface area contributed by atoms with Crippen LogP contribution in [0.2, 0.25) is 0 Å². The van der Waals surface area contributed by atoms with Crippen LogP contribution in [-0.2, 0) is 14.6 Å². The van der Waals surface area contributed by atoms with Gasteiger partial charge in [0.1, 0.15) is 0 Å². The number of rotatable bonds is 8. The number of hydrogen-bond acceptors (Lipinski definition) is 4. The molecule has 0 aliphatic heterocycles. The second-order valence-corrected chi connectivity index (χ2v) is 7.10. The van der Waals surface area contributed by atoms with Crippen molar-refractivity contribution in [2.45, 2.75) is 39.7 Å². The van der Waals surface area contributed by atoms with Gasteiger partial charge in [-0.15, -0.1) is 0 Å². The number of nitrogens with two attached hydrogens (primary N) is 1. The van der Waals surface area contributed by atoms with E-state index in [2.05, 4.69) is 5.32 Å². The van der Waals surface area contributed by atoms with Crippen molar-refractivity contribution in [3.05, 3.63) is 0 Å². The lowest BCUT2D eigenvalue weighted by atomic mass is 10.2. The first-order valence-corrected chi connectivity index (χ1v) is 7.78. The van der Waals surface area contributed by atoms with E-state index in [1.54, 1.807) is 0 Å². The van der Waals surface area contributed by atoms with Crippen LogP contribution in [0.25, 0.3) is 0 Å². The topological polar surface area (TPSA) is 89.3 Å². The Morgan fingerprint density at radius 2 is 1.88 bits per heavy atom. The molecule has 0 aromatic heterocycles. The molecular weight excluding hydrogens is 240 g/mol. The Morgan fingerprint density at radius 1 is 1.29 bits per heavy atom. The van der Waals surface area contributed by atoms with Gasteiger partial charge in [-0.2, -0.15) is 0 Å². The van der Waals surface area contributed by atoms with Crippen molar-refractivity contribution in [3.63, 3.8) is 0 Å². The van der Waals surface area contributed by atoms with Crippen LogP contribution in [0.1, 0.15) is 33.6 Å². The molecule has 5 nitrogen and oxygen atoms in total. The summed E-state index contributed by atoms with van der Waals surface area (Å²) in [6, 6.07) is 0.0416. The zero-order valence-corrected chi connectivity index (χ0v) is 11.7. The lowest BCUT2D eigenvalue weighted by molar-refractivity contribution is -0.120. The molecule has 0 saturated carbocycles. The van der Waals surface area contributed by atoms with Crippen LogP contribution in [0.3, 0.4) is 0 Å². The lowest BCUT2D eigenvalue weighted by Crippen LogP contribution is -2.30. The summed E-state index contributed by atoms with van der Waals surface area (Å²) in [6.45, 7) is 6.06. The minimum atomic E-state index is -3.10. The Labute approximate surface area is 104 Å². The van der Waals surface area contributed by atoms with Gasteiger partial charge in [-0.1, -0.05) is 13.8 Å². The van der Waals surface area contributed by atoms with E-state index in [9.17, 15) is 13.2 Å². The van der Waals surface area contributed by atoms with Crippen LogP contribution in [0, 0.1) is 5.92 Å². The van der Waals surface area contributed by atoms with Crippen LogP contribution in [0.4, 0.5) is 0 Å². The molecule has 3 N–H and O–H groups in total. The first-order valence-electron chi connectivity index (χ1n) is 5.95. The fourth-order valence-electron chi connectivity index (χ4n) is 1.37. The molecule has 0 aliphatic rings. The summed E-state index contributed by atoms with van der Waals surface area (Å²) in [5.74, 6) is -0.0610. The van der Waals surface area contributed by atoms with E-state index in [0.717, 1.165) is 0 Å². The lowest BCUT2D eigenvalue weighted by Gasteiger charge is -2.08. The summed E-state index contributed by atoms with van der Waals surface area (Å²) < 4.78 is 23.1. The smallest absolute Gasteiger partial charge is 0.221 e. The summed E-state index contributed by atoms with van der Waals surface area (Å²) in [6.07, 6.45) is 0.735. The fourth-order valence-corrected chi connectivity index (χ4v) is 3.05. The normalized spacial score (nSPS) is 13.7. The Hall–Kier alpha value is -0.620. The first-order chi connectivity index (χ1) is 7.73. The van der Waals surface area contributed by atoms with Crippen LogP contribution < -0.4 is 11.1 Å². The standard InChI is InChI=1S/C11H24N2O3S/c1-9(2)8-17(15,16)7-5-11(14)13-6-4-10(3)12/h9-10H,4-8,12H2,1-3H3,(H,13,14). The maximum Gasteiger partial charge on any atom is 0.221 e. The van der Waals surface area contributed by atoms with E-state index in [1.807, 2.05) is 20.8 Å². The number of nitrogens with one attached hydrogen (secondary N) is 1. The second kappa shape index (κ2) is 7.66. The van der Waals surface area contributed by atoms with Crippen molar-refractivity contribution in [1.82, 2.24) is 5.32 Å². The van der Waals surface area contributed by atoms with Gasteiger partial charge in [0.15, 0.2) is 9.84 Å². The zero-order valence-electron chi connectivity index (χ0n) is 10.9. The molecular formula is C11H24N2O3S. The molecule has 102 valence electrons. The summed E-state index contributed by atoms with van der Waals surface area (Å²) in [5.41, 5.74) is 5.53. The molecule has 0 aliphatic carbocycles. The third-order valence-electron chi connectivity index (χ3n) is 2.15. The van der Waals surface area contributed by atoms with Crippen molar-refractivity contribution in [2.24, 2.45) is 11.7 Å². The van der Waals surface area contributed by atoms with Gasteiger partial charge in [0.2, 0.25) is 5.91 Å². The highest BCUT2D eigenvalue weighted by Crippen LogP contribution is 2.02. The number of carbonyl (C=O) groups excluding carboxylic acids is 1. The molecule has 1 amide bonds. The summed E-state index contributed by atoms with van der Waals surface area (Å²) in [4.78, 5) is 11.3. The van der Waals surface area contributed by atoms with Crippen molar-refractivity contribution in [3.8, 4) is 0 Å². The largest absolute Gasteiger partial charge is 0.356 e. The molecule has 1 unspecified atom stereocenters. The van der Waals surface area contributed by atoms with E-state index < -0.39 is 9.84 Å². The van der Waals surface area contributed by atoms with Crippen LogP contribution in [0.15, 0.2) is 0 Å². The van der Waals surface area contributed by atoms with Gasteiger partial charge in [0, 0.05) is 19.0 Å². The number of sulfone groups is 1. The molecule has 0 bridgehead atoms. The number of amides is 1. The first kappa shape index (κ1) is 16.4. The van der Waals surface area contributed by atoms with Crippen molar-refractivity contribution in [2.75, 3.05) is 18.1 Å². The molecule has 0 aromatic rings. The zero-order chi connectivity index (χ0) is 13.5. The monoisotopic (exact) mass is 264 g/mol. The maximum atomic E-state index is 11.5. The molecule has 1 atom stereocenters. The predicted molar refractivity (Wildman–Crippen MR) is 69.4 cm³/mol. The summed E-state index contributed by atoms with van der Waals surface area (Å²) >= 11 is 0. The maximum absolute atomic E-state index is 11.5. The van der Waals surface area contributed by atoms with Gasteiger partial charge in [0.05, 0.1) is 11.5 Å². The number of carbonyl (C=O) groups is 1. The summed E-state index contributed by atoms with van der Waals surface area (Å²) in [7, 11) is -3.10. The molecule has 0 rings (SSSR count). The van der Waals surface area contributed by atoms with Crippen molar-refractivity contribution < 1.29 is 13.2 Å². The highest BCUT2D eigenvalue weighted by Gasteiger charge is 2.15. The molecule has 0 aromatic carbocycles. The highest BCUT2D eigenvalue weighted by molar-refractivity contribution is 7.91. The van der Waals surface area contributed by atoms with Gasteiger partial charge in [-0.05, 0) is 19.3 Å². The minimum Gasteiger partial charge on any atom is -0.356 e. The predicted octanol–water partition coefficient (Wildman–Crippen LogP) is 0.301. The van der Waals surface area contributed by atoms with Gasteiger partial charge >= 0.3 is 0 Å². The highest BCUT2D eigenvalue weighted by atomic mass is 32.2. The van der Waals surface area contributed by atoms with Gasteiger partial charge in [-0.25, -0.2) is 8.42 Å². The quantitative estimate of drug-likeness (QED) is 0.660. The van der Waals surface area contributed by atoms with Crippen LogP contribution in [0.5, 0.6) is 0 Å². The van der Waals surface area contributed by atoms with Crippen molar-refractivity contribution >= 4 is 15.7 Å². The van der Waals surface area contributed by atoms with Gasteiger partial charge in [0.25, 0.3) is 0 Å². The molecule has 0 radical (unpaired) electrons. The van der Waals surface area contributed by atoms with E-state index in [4.69, 9.17) is 5.73 Å². The summed E-state index contributed by atoms with van der Waals surface area (Å²) in [5, 5.41) is 2.66.